The van der Waals surface area contributed by atoms with Crippen molar-refractivity contribution in [2.24, 2.45) is 0 Å². The first-order valence-corrected chi connectivity index (χ1v) is 8.94. The van der Waals surface area contributed by atoms with Gasteiger partial charge in [0.05, 0.1) is 18.8 Å². The number of morpholine rings is 1. The second-order valence-electron chi connectivity index (χ2n) is 6.77. The topological polar surface area (TPSA) is 34.5 Å². The maximum atomic E-state index is 13.2. The maximum absolute atomic E-state index is 13.2. The van der Waals surface area contributed by atoms with Crippen LogP contribution in [0.25, 0.3) is 0 Å². The summed E-state index contributed by atoms with van der Waals surface area (Å²) in [6.07, 6.45) is 6.79. The van der Waals surface area contributed by atoms with E-state index in [1.54, 1.807) is 0 Å². The van der Waals surface area contributed by atoms with Crippen LogP contribution in [0, 0.1) is 0 Å². The van der Waals surface area contributed by atoms with Crippen LogP contribution in [-0.4, -0.2) is 40.7 Å². The molecular weight excluding hydrogens is 300 g/mol. The van der Waals surface area contributed by atoms with Gasteiger partial charge in [-0.1, -0.05) is 43.2 Å². The van der Waals surface area contributed by atoms with Crippen molar-refractivity contribution in [1.29, 1.82) is 0 Å². The Labute approximate surface area is 143 Å². The maximum Gasteiger partial charge on any atom is 0.270 e. The molecule has 0 unspecified atom stereocenters. The van der Waals surface area contributed by atoms with Gasteiger partial charge in [-0.2, -0.15) is 0 Å². The smallest absolute Gasteiger partial charge is 0.270 e. The van der Waals surface area contributed by atoms with Crippen LogP contribution >= 0.6 is 0 Å². The van der Waals surface area contributed by atoms with Crippen LogP contribution in [0.3, 0.4) is 0 Å². The van der Waals surface area contributed by atoms with Crippen molar-refractivity contribution in [3.05, 3.63) is 59.9 Å². The third-order valence-electron chi connectivity index (χ3n) is 5.24. The molecule has 1 amide bonds. The lowest BCUT2D eigenvalue weighted by Gasteiger charge is -2.43. The second kappa shape index (κ2) is 6.81. The zero-order valence-electron chi connectivity index (χ0n) is 13.9. The van der Waals surface area contributed by atoms with Crippen LogP contribution in [0.2, 0.25) is 0 Å². The van der Waals surface area contributed by atoms with Gasteiger partial charge in [-0.25, -0.2) is 0 Å². The number of rotatable bonds is 3. The van der Waals surface area contributed by atoms with Gasteiger partial charge in [0.15, 0.2) is 0 Å². The van der Waals surface area contributed by atoms with Crippen LogP contribution < -0.4 is 0 Å². The monoisotopic (exact) mass is 324 g/mol. The van der Waals surface area contributed by atoms with Gasteiger partial charge in [-0.05, 0) is 30.5 Å². The molecule has 4 rings (SSSR count). The molecule has 0 N–H and O–H groups in total. The fourth-order valence-corrected chi connectivity index (χ4v) is 4.02. The summed E-state index contributed by atoms with van der Waals surface area (Å²) in [6, 6.07) is 14.4. The van der Waals surface area contributed by atoms with E-state index in [9.17, 15) is 4.79 Å². The third-order valence-corrected chi connectivity index (χ3v) is 5.24. The van der Waals surface area contributed by atoms with Crippen molar-refractivity contribution in [1.82, 2.24) is 9.47 Å². The molecule has 0 spiro atoms. The molecule has 2 aromatic rings. The van der Waals surface area contributed by atoms with Crippen molar-refractivity contribution in [2.75, 3.05) is 13.2 Å². The average Bonchev–Trinajstić information content (AvgIpc) is 3.09. The van der Waals surface area contributed by atoms with E-state index in [1.165, 1.54) is 18.4 Å². The molecule has 1 aliphatic heterocycles. The van der Waals surface area contributed by atoms with Gasteiger partial charge in [0.1, 0.15) is 5.69 Å². The van der Waals surface area contributed by atoms with Gasteiger partial charge in [-0.3, -0.25) is 4.79 Å². The zero-order valence-corrected chi connectivity index (χ0v) is 13.9. The summed E-state index contributed by atoms with van der Waals surface area (Å²) in [5.74, 6) is 0.149. The number of fused-ring (bicyclic) bond motifs is 1. The minimum Gasteiger partial charge on any atom is -0.374 e. The summed E-state index contributed by atoms with van der Waals surface area (Å²) in [4.78, 5) is 15.2. The molecule has 4 heteroatoms. The fraction of sp³-hybridized carbons (Fsp3) is 0.450. The van der Waals surface area contributed by atoms with Crippen molar-refractivity contribution < 1.29 is 9.53 Å². The molecule has 4 nitrogen and oxygen atoms in total. The Morgan fingerprint density at radius 1 is 1.08 bits per heavy atom. The molecular formula is C20H24N2O2. The predicted octanol–water partition coefficient (Wildman–Crippen LogP) is 3.32. The van der Waals surface area contributed by atoms with Crippen molar-refractivity contribution in [3.63, 3.8) is 0 Å². The highest BCUT2D eigenvalue weighted by molar-refractivity contribution is 5.93. The van der Waals surface area contributed by atoms with E-state index in [-0.39, 0.29) is 18.1 Å². The Morgan fingerprint density at radius 2 is 1.92 bits per heavy atom. The van der Waals surface area contributed by atoms with Gasteiger partial charge >= 0.3 is 0 Å². The summed E-state index contributed by atoms with van der Waals surface area (Å²) in [6.45, 7) is 2.09. The number of ether oxygens (including phenoxy) is 1. The number of amides is 1. The van der Waals surface area contributed by atoms with Crippen LogP contribution in [0.4, 0.5) is 0 Å². The first-order chi connectivity index (χ1) is 11.8. The number of hydrogen-bond donors (Lipinski definition) is 0. The van der Waals surface area contributed by atoms with Crippen LogP contribution in [0.5, 0.6) is 0 Å². The largest absolute Gasteiger partial charge is 0.374 e. The number of aromatic nitrogens is 1. The number of benzene rings is 1. The van der Waals surface area contributed by atoms with E-state index in [4.69, 9.17) is 4.74 Å². The summed E-state index contributed by atoms with van der Waals surface area (Å²) in [5.41, 5.74) is 1.99. The zero-order chi connectivity index (χ0) is 16.4. The number of carbonyl (C=O) groups excluding carboxylic acids is 1. The van der Waals surface area contributed by atoms with Crippen molar-refractivity contribution >= 4 is 5.91 Å². The Kier molecular flexibility index (Phi) is 4.39. The lowest BCUT2D eigenvalue weighted by Crippen LogP contribution is -2.55. The standard InChI is InChI=1S/C20H24N2O2/c23-20(22-13-14-24-19-11-5-4-9-17(19)22)18-10-6-12-21(18)15-16-7-2-1-3-8-16/h1-3,6-8,10,12,17,19H,4-5,9,11,13-15H2/t17-,19-/m1/s1. The Balaban J connectivity index is 1.55. The minimum absolute atomic E-state index is 0.149. The van der Waals surface area contributed by atoms with Gasteiger partial charge in [0.25, 0.3) is 5.91 Å². The van der Waals surface area contributed by atoms with Gasteiger partial charge in [-0.15, -0.1) is 0 Å². The van der Waals surface area contributed by atoms with Crippen LogP contribution in [-0.2, 0) is 11.3 Å². The molecule has 1 aliphatic carbocycles. The number of carbonyl (C=O) groups is 1. The fourth-order valence-electron chi connectivity index (χ4n) is 4.02. The van der Waals surface area contributed by atoms with Crippen molar-refractivity contribution in [3.8, 4) is 0 Å². The van der Waals surface area contributed by atoms with E-state index in [0.29, 0.717) is 13.2 Å². The minimum atomic E-state index is 0.149. The first kappa shape index (κ1) is 15.5. The van der Waals surface area contributed by atoms with Gasteiger partial charge in [0.2, 0.25) is 0 Å². The number of hydrogen-bond acceptors (Lipinski definition) is 2. The lowest BCUT2D eigenvalue weighted by molar-refractivity contribution is -0.0755. The molecule has 1 saturated heterocycles. The SMILES string of the molecule is O=C(c1cccn1Cc1ccccc1)N1CCO[C@@H]2CCCC[C@H]21. The summed E-state index contributed by atoms with van der Waals surface area (Å²) < 4.78 is 7.97. The summed E-state index contributed by atoms with van der Waals surface area (Å²) >= 11 is 0. The molecule has 0 radical (unpaired) electrons. The van der Waals surface area contributed by atoms with Crippen LogP contribution in [0.1, 0.15) is 41.7 Å². The molecule has 126 valence electrons. The van der Waals surface area contributed by atoms with E-state index in [0.717, 1.165) is 25.1 Å². The molecule has 1 aromatic heterocycles. The molecule has 2 aliphatic rings. The highest BCUT2D eigenvalue weighted by Crippen LogP contribution is 2.29. The predicted molar refractivity (Wildman–Crippen MR) is 93.0 cm³/mol. The molecule has 2 heterocycles. The van der Waals surface area contributed by atoms with E-state index in [2.05, 4.69) is 21.6 Å². The van der Waals surface area contributed by atoms with E-state index in [1.807, 2.05) is 36.5 Å². The first-order valence-electron chi connectivity index (χ1n) is 8.94. The second-order valence-corrected chi connectivity index (χ2v) is 6.77. The Bertz CT molecular complexity index is 693. The normalized spacial score (nSPS) is 23.8. The van der Waals surface area contributed by atoms with E-state index >= 15 is 0 Å². The summed E-state index contributed by atoms with van der Waals surface area (Å²) in [5, 5.41) is 0. The Hall–Kier alpha value is -2.07. The van der Waals surface area contributed by atoms with Crippen molar-refractivity contribution in [2.45, 2.75) is 44.4 Å². The highest BCUT2D eigenvalue weighted by atomic mass is 16.5. The molecule has 1 saturated carbocycles. The third kappa shape index (κ3) is 2.98. The average molecular weight is 324 g/mol. The molecule has 2 atom stereocenters. The quantitative estimate of drug-likeness (QED) is 0.868. The Morgan fingerprint density at radius 3 is 2.79 bits per heavy atom. The highest BCUT2D eigenvalue weighted by Gasteiger charge is 2.37. The van der Waals surface area contributed by atoms with Gasteiger partial charge in [0, 0.05) is 19.3 Å². The summed E-state index contributed by atoms with van der Waals surface area (Å²) in [7, 11) is 0. The van der Waals surface area contributed by atoms with Gasteiger partial charge < -0.3 is 14.2 Å². The molecule has 24 heavy (non-hydrogen) atoms. The van der Waals surface area contributed by atoms with Crippen LogP contribution in [0.15, 0.2) is 48.7 Å². The lowest BCUT2D eigenvalue weighted by atomic mass is 9.90. The van der Waals surface area contributed by atoms with E-state index < -0.39 is 0 Å². The molecule has 2 fully saturated rings. The molecule has 0 bridgehead atoms. The number of nitrogens with zero attached hydrogens (tertiary/aromatic N) is 2. The molecule has 1 aromatic carbocycles.